The Morgan fingerprint density at radius 3 is 2.71 bits per heavy atom. The Labute approximate surface area is 107 Å². The van der Waals surface area contributed by atoms with Crippen molar-refractivity contribution >= 4 is 17.8 Å². The van der Waals surface area contributed by atoms with Gasteiger partial charge in [-0.25, -0.2) is 0 Å². The fourth-order valence-electron chi connectivity index (χ4n) is 1.25. The summed E-state index contributed by atoms with van der Waals surface area (Å²) in [6.45, 7) is 6.90. The monoisotopic (exact) mass is 258 g/mol. The van der Waals surface area contributed by atoms with Gasteiger partial charge in [-0.2, -0.15) is 11.8 Å². The quantitative estimate of drug-likeness (QED) is 0.744. The minimum Gasteiger partial charge on any atom is -0.407 e. The summed E-state index contributed by atoms with van der Waals surface area (Å²) in [6, 6.07) is 1.28. The Morgan fingerprint density at radius 1 is 1.29 bits per heavy atom. The summed E-state index contributed by atoms with van der Waals surface area (Å²) in [5, 5.41) is 14.4. The summed E-state index contributed by atoms with van der Waals surface area (Å²) in [6.07, 6.45) is 3.19. The Hall–Kier alpha value is -0.750. The first-order chi connectivity index (χ1) is 8.11. The van der Waals surface area contributed by atoms with Gasteiger partial charge in [-0.3, -0.25) is 0 Å². The van der Waals surface area contributed by atoms with Crippen LogP contribution >= 0.6 is 11.8 Å². The van der Waals surface area contributed by atoms with Crippen molar-refractivity contribution in [1.29, 1.82) is 0 Å². The lowest BCUT2D eigenvalue weighted by atomic mass is 10.3. The highest BCUT2D eigenvalue weighted by atomic mass is 32.2. The zero-order chi connectivity index (χ0) is 12.7. The second kappa shape index (κ2) is 7.55. The molecule has 0 fully saturated rings. The molecule has 1 heterocycles. The summed E-state index contributed by atoms with van der Waals surface area (Å²) >= 11 is 1.84. The topological polar surface area (TPSA) is 63.0 Å². The maximum absolute atomic E-state index is 5.48. The second-order valence-electron chi connectivity index (χ2n) is 4.36. The maximum atomic E-state index is 5.48. The Morgan fingerprint density at radius 2 is 2.06 bits per heavy atom. The van der Waals surface area contributed by atoms with E-state index in [2.05, 4.69) is 47.9 Å². The molecule has 5 nitrogen and oxygen atoms in total. The zero-order valence-electron chi connectivity index (χ0n) is 11.0. The number of rotatable bonds is 8. The number of nitrogens with one attached hydrogen (secondary N) is 2. The van der Waals surface area contributed by atoms with Crippen LogP contribution in [0.4, 0.5) is 6.01 Å². The van der Waals surface area contributed by atoms with Crippen molar-refractivity contribution in [2.24, 2.45) is 0 Å². The molecule has 1 aromatic heterocycles. The molecule has 0 spiro atoms. The van der Waals surface area contributed by atoms with E-state index in [1.165, 1.54) is 0 Å². The standard InChI is InChI=1S/C11H22N4OS/c1-8(2)12-7-10-14-15-11(16-10)13-9(3)5-6-17-4/h8-9,12H,5-7H2,1-4H3,(H,13,15). The minimum atomic E-state index is 0.355. The van der Waals surface area contributed by atoms with E-state index in [1.54, 1.807) is 0 Å². The smallest absolute Gasteiger partial charge is 0.315 e. The van der Waals surface area contributed by atoms with Gasteiger partial charge in [0.2, 0.25) is 5.89 Å². The molecule has 2 N–H and O–H groups in total. The van der Waals surface area contributed by atoms with Gasteiger partial charge in [0.15, 0.2) is 0 Å². The van der Waals surface area contributed by atoms with Crippen molar-refractivity contribution in [3.05, 3.63) is 5.89 Å². The Balaban J connectivity index is 2.34. The molecule has 0 saturated carbocycles. The van der Waals surface area contributed by atoms with Crippen LogP contribution in [0.15, 0.2) is 4.42 Å². The first kappa shape index (κ1) is 14.3. The van der Waals surface area contributed by atoms with Crippen molar-refractivity contribution in [1.82, 2.24) is 15.5 Å². The molecule has 1 unspecified atom stereocenters. The third-order valence-corrected chi connectivity index (χ3v) is 2.90. The van der Waals surface area contributed by atoms with Crippen molar-refractivity contribution in [2.45, 2.75) is 45.8 Å². The van der Waals surface area contributed by atoms with E-state index in [-0.39, 0.29) is 0 Å². The third kappa shape index (κ3) is 5.93. The molecule has 0 bridgehead atoms. The SMILES string of the molecule is CSCCC(C)Nc1nnc(CNC(C)C)o1. The molecular weight excluding hydrogens is 236 g/mol. The highest BCUT2D eigenvalue weighted by Crippen LogP contribution is 2.09. The van der Waals surface area contributed by atoms with E-state index < -0.39 is 0 Å². The van der Waals surface area contributed by atoms with Crippen molar-refractivity contribution in [2.75, 3.05) is 17.3 Å². The summed E-state index contributed by atoms with van der Waals surface area (Å²) in [4.78, 5) is 0. The highest BCUT2D eigenvalue weighted by Gasteiger charge is 2.09. The maximum Gasteiger partial charge on any atom is 0.315 e. The van der Waals surface area contributed by atoms with Crippen LogP contribution in [0, 0.1) is 0 Å². The summed E-state index contributed by atoms with van der Waals surface area (Å²) < 4.78 is 5.48. The predicted octanol–water partition coefficient (Wildman–Crippen LogP) is 2.12. The molecule has 0 aromatic carbocycles. The second-order valence-corrected chi connectivity index (χ2v) is 5.35. The van der Waals surface area contributed by atoms with Crippen LogP contribution < -0.4 is 10.6 Å². The van der Waals surface area contributed by atoms with Gasteiger partial charge in [-0.1, -0.05) is 18.9 Å². The number of hydrogen-bond donors (Lipinski definition) is 2. The summed E-state index contributed by atoms with van der Waals surface area (Å²) in [5.41, 5.74) is 0. The third-order valence-electron chi connectivity index (χ3n) is 2.25. The van der Waals surface area contributed by atoms with Crippen LogP contribution in [0.25, 0.3) is 0 Å². The lowest BCUT2D eigenvalue weighted by molar-refractivity contribution is 0.455. The van der Waals surface area contributed by atoms with Crippen LogP contribution in [0.5, 0.6) is 0 Å². The predicted molar refractivity (Wildman–Crippen MR) is 72.4 cm³/mol. The number of anilines is 1. The molecule has 1 aromatic rings. The Bertz CT molecular complexity index is 316. The normalized spacial score (nSPS) is 13.0. The molecule has 0 saturated heterocycles. The van der Waals surface area contributed by atoms with Gasteiger partial charge < -0.3 is 15.1 Å². The average molecular weight is 258 g/mol. The van der Waals surface area contributed by atoms with Crippen molar-refractivity contribution < 1.29 is 4.42 Å². The van der Waals surface area contributed by atoms with E-state index in [1.807, 2.05) is 11.8 Å². The molecule has 1 rings (SSSR count). The van der Waals surface area contributed by atoms with Gasteiger partial charge in [0.25, 0.3) is 0 Å². The number of thioether (sulfide) groups is 1. The molecule has 98 valence electrons. The summed E-state index contributed by atoms with van der Waals surface area (Å²) in [7, 11) is 0. The van der Waals surface area contributed by atoms with Crippen LogP contribution in [-0.4, -0.2) is 34.3 Å². The summed E-state index contributed by atoms with van der Waals surface area (Å²) in [5.74, 6) is 1.75. The van der Waals surface area contributed by atoms with Crippen LogP contribution in [0.2, 0.25) is 0 Å². The number of aromatic nitrogens is 2. The fourth-order valence-corrected chi connectivity index (χ4v) is 1.84. The molecule has 17 heavy (non-hydrogen) atoms. The number of nitrogens with zero attached hydrogens (tertiary/aromatic N) is 2. The largest absolute Gasteiger partial charge is 0.407 e. The lowest BCUT2D eigenvalue weighted by Crippen LogP contribution is -2.21. The van der Waals surface area contributed by atoms with Crippen LogP contribution in [0.1, 0.15) is 33.1 Å². The van der Waals surface area contributed by atoms with Gasteiger partial charge in [-0.15, -0.1) is 5.10 Å². The van der Waals surface area contributed by atoms with Crippen molar-refractivity contribution in [3.63, 3.8) is 0 Å². The van der Waals surface area contributed by atoms with E-state index >= 15 is 0 Å². The van der Waals surface area contributed by atoms with Gasteiger partial charge >= 0.3 is 6.01 Å². The highest BCUT2D eigenvalue weighted by molar-refractivity contribution is 7.98. The van der Waals surface area contributed by atoms with Crippen LogP contribution in [-0.2, 0) is 6.54 Å². The number of hydrogen-bond acceptors (Lipinski definition) is 6. The van der Waals surface area contributed by atoms with Crippen LogP contribution in [0.3, 0.4) is 0 Å². The van der Waals surface area contributed by atoms with E-state index in [4.69, 9.17) is 4.42 Å². The molecule has 0 aliphatic rings. The first-order valence-corrected chi connectivity index (χ1v) is 7.32. The van der Waals surface area contributed by atoms with E-state index in [0.29, 0.717) is 30.5 Å². The zero-order valence-corrected chi connectivity index (χ0v) is 11.8. The molecule has 0 radical (unpaired) electrons. The van der Waals surface area contributed by atoms with Gasteiger partial charge in [0.05, 0.1) is 6.54 Å². The molecule has 0 amide bonds. The van der Waals surface area contributed by atoms with Crippen molar-refractivity contribution in [3.8, 4) is 0 Å². The molecule has 1 atom stereocenters. The molecule has 0 aliphatic carbocycles. The Kier molecular flexibility index (Phi) is 6.36. The molecule has 6 heteroatoms. The van der Waals surface area contributed by atoms with Gasteiger partial charge in [-0.05, 0) is 25.4 Å². The molecular formula is C11H22N4OS. The van der Waals surface area contributed by atoms with Gasteiger partial charge in [0.1, 0.15) is 0 Å². The lowest BCUT2D eigenvalue weighted by Gasteiger charge is -2.10. The minimum absolute atomic E-state index is 0.355. The van der Waals surface area contributed by atoms with Gasteiger partial charge in [0, 0.05) is 12.1 Å². The van der Waals surface area contributed by atoms with E-state index in [0.717, 1.165) is 12.2 Å². The fraction of sp³-hybridized carbons (Fsp3) is 0.818. The van der Waals surface area contributed by atoms with E-state index in [9.17, 15) is 0 Å². The first-order valence-electron chi connectivity index (χ1n) is 5.93. The molecule has 0 aliphatic heterocycles. The average Bonchev–Trinajstić information content (AvgIpc) is 2.71.